The Hall–Kier alpha value is -0.810. The number of ether oxygens (including phenoxy) is 1. The summed E-state index contributed by atoms with van der Waals surface area (Å²) in [4.78, 5) is 14.1. The largest absolute Gasteiger partial charge is 0.444 e. The predicted molar refractivity (Wildman–Crippen MR) is 98.1 cm³/mol. The van der Waals surface area contributed by atoms with Crippen LogP contribution in [0.3, 0.4) is 0 Å². The number of carbonyl (C=O) groups excluding carboxylic acids is 1. The third kappa shape index (κ3) is 6.98. The molecule has 2 N–H and O–H groups in total. The highest BCUT2D eigenvalue weighted by atomic mass is 16.6. The van der Waals surface area contributed by atoms with E-state index < -0.39 is 11.2 Å². The lowest BCUT2D eigenvalue weighted by Crippen LogP contribution is -2.58. The van der Waals surface area contributed by atoms with Crippen molar-refractivity contribution in [2.75, 3.05) is 19.6 Å². The van der Waals surface area contributed by atoms with Crippen molar-refractivity contribution in [1.82, 2.24) is 10.2 Å². The van der Waals surface area contributed by atoms with E-state index in [4.69, 9.17) is 4.74 Å². The van der Waals surface area contributed by atoms with Crippen LogP contribution in [0.2, 0.25) is 0 Å². The first kappa shape index (κ1) is 21.2. The summed E-state index contributed by atoms with van der Waals surface area (Å²) in [7, 11) is 0. The fraction of sp³-hybridized carbons (Fsp3) is 0.947. The highest BCUT2D eigenvalue weighted by Gasteiger charge is 2.39. The fourth-order valence-electron chi connectivity index (χ4n) is 3.51. The van der Waals surface area contributed by atoms with Gasteiger partial charge in [0.1, 0.15) is 5.60 Å². The standard InChI is InChI=1S/C19H38N2O3/c1-14(2)11-19(8,23)12-20-15-9-10-21(13-18(15,6)7)16(22)24-17(3,4)5/h14-15,20,23H,9-13H2,1-8H3. The molecule has 5 heteroatoms. The van der Waals surface area contributed by atoms with Crippen molar-refractivity contribution >= 4 is 6.09 Å². The van der Waals surface area contributed by atoms with E-state index >= 15 is 0 Å². The van der Waals surface area contributed by atoms with Crippen LogP contribution >= 0.6 is 0 Å². The maximum Gasteiger partial charge on any atom is 0.410 e. The maximum absolute atomic E-state index is 12.3. The Bertz CT molecular complexity index is 425. The fourth-order valence-corrected chi connectivity index (χ4v) is 3.51. The van der Waals surface area contributed by atoms with Gasteiger partial charge in [-0.05, 0) is 51.9 Å². The van der Waals surface area contributed by atoms with E-state index in [1.165, 1.54) is 0 Å². The van der Waals surface area contributed by atoms with Gasteiger partial charge >= 0.3 is 6.09 Å². The van der Waals surface area contributed by atoms with Crippen molar-refractivity contribution in [3.63, 3.8) is 0 Å². The maximum atomic E-state index is 12.3. The van der Waals surface area contributed by atoms with E-state index in [0.29, 0.717) is 25.6 Å². The number of carbonyl (C=O) groups is 1. The van der Waals surface area contributed by atoms with Crippen molar-refractivity contribution in [3.8, 4) is 0 Å². The number of piperidine rings is 1. The van der Waals surface area contributed by atoms with E-state index in [2.05, 4.69) is 33.0 Å². The van der Waals surface area contributed by atoms with E-state index in [1.807, 2.05) is 27.7 Å². The number of likely N-dealkylation sites (tertiary alicyclic amines) is 1. The smallest absolute Gasteiger partial charge is 0.410 e. The van der Waals surface area contributed by atoms with Crippen LogP contribution in [0.1, 0.15) is 68.2 Å². The lowest BCUT2D eigenvalue weighted by Gasteiger charge is -2.45. The number of nitrogens with zero attached hydrogens (tertiary/aromatic N) is 1. The second-order valence-corrected chi connectivity index (χ2v) is 9.71. The van der Waals surface area contributed by atoms with Gasteiger partial charge in [0.05, 0.1) is 5.60 Å². The summed E-state index contributed by atoms with van der Waals surface area (Å²) in [5, 5.41) is 14.0. The average molecular weight is 343 g/mol. The molecule has 1 saturated heterocycles. The molecule has 0 aromatic rings. The molecule has 0 aromatic carbocycles. The van der Waals surface area contributed by atoms with Crippen LogP contribution in [0.4, 0.5) is 4.79 Å². The van der Waals surface area contributed by atoms with Gasteiger partial charge in [0, 0.05) is 25.7 Å². The first-order valence-electron chi connectivity index (χ1n) is 9.15. The number of hydrogen-bond acceptors (Lipinski definition) is 4. The second-order valence-electron chi connectivity index (χ2n) is 9.71. The minimum absolute atomic E-state index is 0.0664. The van der Waals surface area contributed by atoms with Gasteiger partial charge in [-0.1, -0.05) is 27.7 Å². The topological polar surface area (TPSA) is 61.8 Å². The lowest BCUT2D eigenvalue weighted by atomic mass is 9.78. The molecule has 1 aliphatic heterocycles. The Morgan fingerprint density at radius 3 is 2.38 bits per heavy atom. The van der Waals surface area contributed by atoms with Crippen molar-refractivity contribution in [2.45, 2.75) is 85.5 Å². The van der Waals surface area contributed by atoms with Crippen molar-refractivity contribution in [1.29, 1.82) is 0 Å². The van der Waals surface area contributed by atoms with Crippen LogP contribution in [0.25, 0.3) is 0 Å². The molecular formula is C19H38N2O3. The minimum Gasteiger partial charge on any atom is -0.444 e. The Morgan fingerprint density at radius 2 is 1.92 bits per heavy atom. The van der Waals surface area contributed by atoms with Crippen LogP contribution in [0.15, 0.2) is 0 Å². The molecule has 0 spiro atoms. The Morgan fingerprint density at radius 1 is 1.33 bits per heavy atom. The molecule has 0 saturated carbocycles. The summed E-state index contributed by atoms with van der Waals surface area (Å²) < 4.78 is 5.49. The van der Waals surface area contributed by atoms with E-state index in [0.717, 1.165) is 12.8 Å². The third-order valence-electron chi connectivity index (χ3n) is 4.46. The predicted octanol–water partition coefficient (Wildman–Crippen LogP) is 3.41. The monoisotopic (exact) mass is 342 g/mol. The van der Waals surface area contributed by atoms with Gasteiger partial charge in [-0.3, -0.25) is 0 Å². The number of nitrogens with one attached hydrogen (secondary N) is 1. The molecule has 0 aliphatic carbocycles. The summed E-state index contributed by atoms with van der Waals surface area (Å²) in [5.41, 5.74) is -1.23. The molecule has 1 amide bonds. The number of amides is 1. The number of rotatable bonds is 5. The molecule has 2 atom stereocenters. The first-order chi connectivity index (χ1) is 10.7. The SMILES string of the molecule is CC(C)CC(C)(O)CNC1CCN(C(=O)OC(C)(C)C)CC1(C)C. The molecule has 1 aliphatic rings. The zero-order valence-corrected chi connectivity index (χ0v) is 16.9. The zero-order chi connectivity index (χ0) is 18.8. The highest BCUT2D eigenvalue weighted by Crippen LogP contribution is 2.30. The summed E-state index contributed by atoms with van der Waals surface area (Å²) in [6.45, 7) is 18.1. The minimum atomic E-state index is -0.702. The van der Waals surface area contributed by atoms with Crippen LogP contribution in [0, 0.1) is 11.3 Å². The molecule has 2 unspecified atom stereocenters. The Labute approximate surface area is 148 Å². The lowest BCUT2D eigenvalue weighted by molar-refractivity contribution is -0.00542. The van der Waals surface area contributed by atoms with Gasteiger partial charge in [0.15, 0.2) is 0 Å². The van der Waals surface area contributed by atoms with Crippen molar-refractivity contribution in [3.05, 3.63) is 0 Å². The van der Waals surface area contributed by atoms with E-state index in [1.54, 1.807) is 4.90 Å². The summed E-state index contributed by atoms with van der Waals surface area (Å²) in [6, 6.07) is 0.273. The van der Waals surface area contributed by atoms with Gasteiger partial charge < -0.3 is 20.1 Å². The number of hydrogen-bond donors (Lipinski definition) is 2. The summed E-state index contributed by atoms with van der Waals surface area (Å²) >= 11 is 0. The molecule has 1 heterocycles. The third-order valence-corrected chi connectivity index (χ3v) is 4.46. The van der Waals surface area contributed by atoms with Crippen LogP contribution < -0.4 is 5.32 Å². The van der Waals surface area contributed by atoms with Crippen molar-refractivity contribution < 1.29 is 14.6 Å². The molecule has 1 fully saturated rings. The molecular weight excluding hydrogens is 304 g/mol. The summed E-state index contributed by atoms with van der Waals surface area (Å²) in [6.07, 6.45) is 1.40. The van der Waals surface area contributed by atoms with Gasteiger partial charge in [-0.2, -0.15) is 0 Å². The van der Waals surface area contributed by atoms with Crippen molar-refractivity contribution in [2.24, 2.45) is 11.3 Å². The quantitative estimate of drug-likeness (QED) is 0.804. The molecule has 142 valence electrons. The second kappa shape index (κ2) is 7.61. The zero-order valence-electron chi connectivity index (χ0n) is 16.9. The van der Waals surface area contributed by atoms with E-state index in [-0.39, 0.29) is 17.6 Å². The van der Waals surface area contributed by atoms with Gasteiger partial charge in [-0.15, -0.1) is 0 Å². The van der Waals surface area contributed by atoms with Crippen LogP contribution in [-0.4, -0.2) is 53.0 Å². The van der Waals surface area contributed by atoms with Crippen LogP contribution in [0.5, 0.6) is 0 Å². The molecule has 24 heavy (non-hydrogen) atoms. The molecule has 5 nitrogen and oxygen atoms in total. The Balaban J connectivity index is 2.59. The molecule has 0 radical (unpaired) electrons. The van der Waals surface area contributed by atoms with Gasteiger partial charge in [-0.25, -0.2) is 4.79 Å². The van der Waals surface area contributed by atoms with Crippen LogP contribution in [-0.2, 0) is 4.74 Å². The molecule has 0 bridgehead atoms. The van der Waals surface area contributed by atoms with Gasteiger partial charge in [0.2, 0.25) is 0 Å². The normalized spacial score (nSPS) is 23.9. The van der Waals surface area contributed by atoms with E-state index in [9.17, 15) is 9.90 Å². The molecule has 0 aromatic heterocycles. The Kier molecular flexibility index (Phi) is 6.73. The first-order valence-corrected chi connectivity index (χ1v) is 9.15. The average Bonchev–Trinajstić information content (AvgIpc) is 2.32. The number of aliphatic hydroxyl groups is 1. The summed E-state index contributed by atoms with van der Waals surface area (Å²) in [5.74, 6) is 0.462. The highest BCUT2D eigenvalue weighted by molar-refractivity contribution is 5.68. The van der Waals surface area contributed by atoms with Gasteiger partial charge in [0.25, 0.3) is 0 Å². The molecule has 1 rings (SSSR count).